The van der Waals surface area contributed by atoms with Crippen LogP contribution in [0.5, 0.6) is 5.75 Å². The molecule has 0 aliphatic rings. The zero-order valence-electron chi connectivity index (χ0n) is 22.2. The molecule has 0 fully saturated rings. The Morgan fingerprint density at radius 2 is 1.44 bits per heavy atom. The summed E-state index contributed by atoms with van der Waals surface area (Å²) < 4.78 is 5.08. The van der Waals surface area contributed by atoms with Crippen LogP contribution in [0.2, 0.25) is 0 Å². The molecule has 4 aromatic rings. The lowest BCUT2D eigenvalue weighted by atomic mass is 10.1. The summed E-state index contributed by atoms with van der Waals surface area (Å²) in [4.78, 5) is 4.19. The molecule has 4 rings (SSSR count). The van der Waals surface area contributed by atoms with Gasteiger partial charge in [0, 0.05) is 36.4 Å². The average Bonchev–Trinajstić information content (AvgIpc) is 2.91. The summed E-state index contributed by atoms with van der Waals surface area (Å²) in [6.45, 7) is 9.63. The minimum absolute atomic E-state index is 0.743. The largest absolute Gasteiger partial charge is 0.497 e. The second-order valence-electron chi connectivity index (χ2n) is 7.81. The number of anilines is 1. The number of ether oxygens (including phenoxy) is 1. The van der Waals surface area contributed by atoms with Crippen LogP contribution in [0.4, 0.5) is 5.69 Å². The maximum absolute atomic E-state index is 6.08. The van der Waals surface area contributed by atoms with Gasteiger partial charge in [0.15, 0.2) is 0 Å². The van der Waals surface area contributed by atoms with Gasteiger partial charge >= 0.3 is 0 Å². The second-order valence-corrected chi connectivity index (χ2v) is 7.81. The summed E-state index contributed by atoms with van der Waals surface area (Å²) in [5.74, 6) is 0.797. The van der Waals surface area contributed by atoms with Gasteiger partial charge in [-0.25, -0.2) is 0 Å². The predicted molar refractivity (Wildman–Crippen MR) is 156 cm³/mol. The first-order valence-electron chi connectivity index (χ1n) is 12.0. The van der Waals surface area contributed by atoms with Crippen molar-refractivity contribution >= 4 is 22.8 Å². The summed E-state index contributed by atoms with van der Waals surface area (Å²) in [7, 11) is 1.63. The quantitative estimate of drug-likeness (QED) is 0.204. The Labute approximate surface area is 216 Å². The first-order valence-corrected chi connectivity index (χ1v) is 12.0. The van der Waals surface area contributed by atoms with Crippen LogP contribution in [0, 0.1) is 12.3 Å². The maximum Gasteiger partial charge on any atom is 0.121 e. The molecule has 3 aromatic carbocycles. The SMILES string of the molecule is C/C=C\C.CC=N.COc1ccc2c(N)ccnc2c1.Cc1ccc(CNCc2ccccc2)cc1. The number of nitrogens with two attached hydrogens (primary N) is 1. The smallest absolute Gasteiger partial charge is 0.121 e. The third-order valence-corrected chi connectivity index (χ3v) is 4.94. The van der Waals surface area contributed by atoms with Crippen LogP contribution < -0.4 is 15.8 Å². The maximum atomic E-state index is 6.08. The number of fused-ring (bicyclic) bond motifs is 1. The van der Waals surface area contributed by atoms with Gasteiger partial charge in [-0.05, 0) is 63.2 Å². The summed E-state index contributed by atoms with van der Waals surface area (Å²) in [6.07, 6.45) is 6.94. The molecular formula is C31H40N4O. The molecule has 0 saturated carbocycles. The van der Waals surface area contributed by atoms with Crippen LogP contribution in [-0.2, 0) is 13.1 Å². The van der Waals surface area contributed by atoms with Gasteiger partial charge in [-0.2, -0.15) is 0 Å². The second kappa shape index (κ2) is 18.4. The number of nitrogen functional groups attached to an aromatic ring is 1. The number of hydrogen-bond donors (Lipinski definition) is 3. The van der Waals surface area contributed by atoms with E-state index >= 15 is 0 Å². The van der Waals surface area contributed by atoms with Crippen molar-refractivity contribution in [1.82, 2.24) is 10.3 Å². The lowest BCUT2D eigenvalue weighted by molar-refractivity contribution is 0.415. The molecule has 5 heteroatoms. The molecule has 0 radical (unpaired) electrons. The van der Waals surface area contributed by atoms with Crippen molar-refractivity contribution in [2.24, 2.45) is 0 Å². The van der Waals surface area contributed by atoms with E-state index in [0.29, 0.717) is 0 Å². The highest BCUT2D eigenvalue weighted by atomic mass is 16.5. The molecule has 0 aliphatic carbocycles. The minimum Gasteiger partial charge on any atom is -0.497 e. The van der Waals surface area contributed by atoms with Crippen molar-refractivity contribution in [3.63, 3.8) is 0 Å². The van der Waals surface area contributed by atoms with E-state index in [9.17, 15) is 0 Å². The number of aryl methyl sites for hydroxylation is 1. The van der Waals surface area contributed by atoms with E-state index in [2.05, 4.69) is 65.8 Å². The minimum atomic E-state index is 0.743. The van der Waals surface area contributed by atoms with E-state index in [-0.39, 0.29) is 0 Å². The van der Waals surface area contributed by atoms with E-state index in [1.807, 2.05) is 50.3 Å². The number of hydrogen-bond acceptors (Lipinski definition) is 5. The fraction of sp³-hybridized carbons (Fsp3) is 0.226. The normalized spacial score (nSPS) is 9.69. The molecule has 1 heterocycles. The number of pyridine rings is 1. The molecule has 0 amide bonds. The van der Waals surface area contributed by atoms with Crippen LogP contribution in [0.3, 0.4) is 0 Å². The molecule has 0 atom stereocenters. The number of nitrogens with one attached hydrogen (secondary N) is 2. The molecular weight excluding hydrogens is 444 g/mol. The van der Waals surface area contributed by atoms with Crippen molar-refractivity contribution in [1.29, 1.82) is 5.41 Å². The van der Waals surface area contributed by atoms with Crippen LogP contribution in [0.25, 0.3) is 10.9 Å². The van der Waals surface area contributed by atoms with Gasteiger partial charge in [0.05, 0.1) is 12.6 Å². The first-order chi connectivity index (χ1) is 17.5. The summed E-state index contributed by atoms with van der Waals surface area (Å²) in [5.41, 5.74) is 11.3. The van der Waals surface area contributed by atoms with Crippen LogP contribution >= 0.6 is 0 Å². The molecule has 0 unspecified atom stereocenters. The summed E-state index contributed by atoms with van der Waals surface area (Å²) >= 11 is 0. The third-order valence-electron chi connectivity index (χ3n) is 4.94. The summed E-state index contributed by atoms with van der Waals surface area (Å²) in [6, 6.07) is 26.6. The fourth-order valence-electron chi connectivity index (χ4n) is 2.93. The number of nitrogens with zero attached hydrogens (tertiary/aromatic N) is 1. The van der Waals surface area contributed by atoms with Crippen LogP contribution in [0.1, 0.15) is 37.5 Å². The fourth-order valence-corrected chi connectivity index (χ4v) is 2.93. The monoisotopic (exact) mass is 484 g/mol. The lowest BCUT2D eigenvalue weighted by Crippen LogP contribution is -2.12. The highest BCUT2D eigenvalue weighted by Crippen LogP contribution is 2.22. The molecule has 36 heavy (non-hydrogen) atoms. The van der Waals surface area contributed by atoms with Crippen molar-refractivity contribution in [3.8, 4) is 5.75 Å². The van der Waals surface area contributed by atoms with E-state index in [1.165, 1.54) is 22.9 Å². The molecule has 4 N–H and O–H groups in total. The number of allylic oxidation sites excluding steroid dienone is 2. The van der Waals surface area contributed by atoms with Crippen molar-refractivity contribution in [2.45, 2.75) is 40.8 Å². The number of aromatic nitrogens is 1. The Balaban J connectivity index is 0.000000290. The molecule has 0 saturated heterocycles. The van der Waals surface area contributed by atoms with Gasteiger partial charge < -0.3 is 21.2 Å². The Morgan fingerprint density at radius 3 is 2.00 bits per heavy atom. The van der Waals surface area contributed by atoms with Gasteiger partial charge in [-0.15, -0.1) is 0 Å². The molecule has 0 spiro atoms. The topological polar surface area (TPSA) is 84.0 Å². The van der Waals surface area contributed by atoms with Crippen LogP contribution in [-0.4, -0.2) is 18.3 Å². The van der Waals surface area contributed by atoms with E-state index in [0.717, 1.165) is 35.4 Å². The number of benzene rings is 3. The van der Waals surface area contributed by atoms with Crippen molar-refractivity contribution in [3.05, 3.63) is 114 Å². The van der Waals surface area contributed by atoms with Gasteiger partial charge in [0.1, 0.15) is 5.75 Å². The molecule has 5 nitrogen and oxygen atoms in total. The number of methoxy groups -OCH3 is 1. The lowest BCUT2D eigenvalue weighted by Gasteiger charge is -2.05. The Kier molecular flexibility index (Phi) is 15.4. The highest BCUT2D eigenvalue weighted by molar-refractivity contribution is 5.90. The zero-order valence-corrected chi connectivity index (χ0v) is 22.2. The van der Waals surface area contributed by atoms with Gasteiger partial charge in [-0.1, -0.05) is 72.3 Å². The highest BCUT2D eigenvalue weighted by Gasteiger charge is 1.99. The molecule has 190 valence electrons. The zero-order chi connectivity index (χ0) is 26.6. The standard InChI is InChI=1S/C15H17N.C10H10N2O.C4H8.C2H5N/c1-13-7-9-15(10-8-13)12-16-11-14-5-3-2-4-6-14;1-13-7-2-3-8-9(11)4-5-12-10(8)6-7;1-3-4-2;1-2-3/h2-10,16H,11-12H2,1H3;2-6H,1H3,(H2,11,12);3-4H,1-2H3;2-3H,1H3/b;;4-3-;. The molecule has 0 aliphatic heterocycles. The Morgan fingerprint density at radius 1 is 0.861 bits per heavy atom. The van der Waals surface area contributed by atoms with E-state index in [1.54, 1.807) is 26.3 Å². The van der Waals surface area contributed by atoms with E-state index < -0.39 is 0 Å². The van der Waals surface area contributed by atoms with Crippen LogP contribution in [0.15, 0.2) is 97.2 Å². The van der Waals surface area contributed by atoms with Crippen molar-refractivity contribution in [2.75, 3.05) is 12.8 Å². The third kappa shape index (κ3) is 12.0. The van der Waals surface area contributed by atoms with E-state index in [4.69, 9.17) is 15.9 Å². The van der Waals surface area contributed by atoms with Crippen molar-refractivity contribution < 1.29 is 4.74 Å². The van der Waals surface area contributed by atoms with Gasteiger partial charge in [0.25, 0.3) is 0 Å². The Hall–Kier alpha value is -3.96. The average molecular weight is 485 g/mol. The summed E-state index contributed by atoms with van der Waals surface area (Å²) in [5, 5.41) is 10.5. The first kappa shape index (κ1) is 30.1. The molecule has 1 aromatic heterocycles. The Bertz CT molecular complexity index is 1150. The molecule has 0 bridgehead atoms. The van der Waals surface area contributed by atoms with Gasteiger partial charge in [-0.3, -0.25) is 4.98 Å². The number of rotatable bonds is 5. The van der Waals surface area contributed by atoms with Gasteiger partial charge in [0.2, 0.25) is 0 Å². The predicted octanol–water partition coefficient (Wildman–Crippen LogP) is 7.35.